The van der Waals surface area contributed by atoms with Gasteiger partial charge >= 0.3 is 5.97 Å². The monoisotopic (exact) mass is 400 g/mol. The number of hydrogen-bond acceptors (Lipinski definition) is 4. The van der Waals surface area contributed by atoms with Gasteiger partial charge in [-0.2, -0.15) is 0 Å². The van der Waals surface area contributed by atoms with Gasteiger partial charge in [-0.05, 0) is 50.4 Å². The van der Waals surface area contributed by atoms with E-state index in [0.29, 0.717) is 12.1 Å². The molecule has 1 atom stereocenters. The van der Waals surface area contributed by atoms with E-state index >= 15 is 0 Å². The number of halogens is 1. The summed E-state index contributed by atoms with van der Waals surface area (Å²) >= 11 is 1.65. The summed E-state index contributed by atoms with van der Waals surface area (Å²) in [6, 6.07) is 11.6. The fourth-order valence-electron chi connectivity index (χ4n) is 2.88. The number of thiophene rings is 1. The summed E-state index contributed by atoms with van der Waals surface area (Å²) in [5.74, 6) is -1.72. The highest BCUT2D eigenvalue weighted by Crippen LogP contribution is 2.21. The molecule has 0 aliphatic rings. The van der Waals surface area contributed by atoms with Gasteiger partial charge in [0.2, 0.25) is 0 Å². The van der Waals surface area contributed by atoms with Crippen LogP contribution in [0.1, 0.15) is 33.5 Å². The van der Waals surface area contributed by atoms with E-state index in [0.717, 1.165) is 11.4 Å². The smallest absolute Gasteiger partial charge is 0.340 e. The van der Waals surface area contributed by atoms with Crippen molar-refractivity contribution in [3.05, 3.63) is 75.5 Å². The normalized spacial score (nSPS) is 11.9. The molecule has 0 saturated heterocycles. The Balaban J connectivity index is 1.69. The van der Waals surface area contributed by atoms with Crippen LogP contribution >= 0.6 is 11.3 Å². The molecule has 1 amide bonds. The van der Waals surface area contributed by atoms with E-state index in [1.54, 1.807) is 23.5 Å². The maximum atomic E-state index is 13.7. The lowest BCUT2D eigenvalue weighted by molar-refractivity contribution is -0.123. The van der Waals surface area contributed by atoms with Gasteiger partial charge in [-0.3, -0.25) is 4.79 Å². The maximum Gasteiger partial charge on any atom is 0.340 e. The first kappa shape index (κ1) is 19.8. The third-order valence-corrected chi connectivity index (χ3v) is 5.33. The van der Waals surface area contributed by atoms with Crippen LogP contribution in [0.4, 0.5) is 10.1 Å². The number of rotatable bonds is 6. The number of anilines is 1. The van der Waals surface area contributed by atoms with Crippen LogP contribution in [-0.4, -0.2) is 22.5 Å². The maximum absolute atomic E-state index is 13.7. The predicted molar refractivity (Wildman–Crippen MR) is 107 cm³/mol. The number of para-hydroxylation sites is 1. The van der Waals surface area contributed by atoms with Gasteiger partial charge in [0, 0.05) is 16.3 Å². The summed E-state index contributed by atoms with van der Waals surface area (Å²) in [5.41, 5.74) is 2.17. The average molecular weight is 400 g/mol. The lowest BCUT2D eigenvalue weighted by Gasteiger charge is -2.14. The Bertz CT molecular complexity index is 995. The van der Waals surface area contributed by atoms with Crippen molar-refractivity contribution in [3.8, 4) is 0 Å². The molecule has 0 fully saturated rings. The van der Waals surface area contributed by atoms with E-state index < -0.39 is 23.8 Å². The fourth-order valence-corrected chi connectivity index (χ4v) is 3.58. The molecule has 5 nitrogen and oxygen atoms in total. The molecular formula is C21H21FN2O3S. The van der Waals surface area contributed by atoms with Crippen molar-refractivity contribution in [2.24, 2.45) is 0 Å². The molecule has 0 radical (unpaired) electrons. The van der Waals surface area contributed by atoms with E-state index in [1.165, 1.54) is 30.0 Å². The fraction of sp³-hybridized carbons (Fsp3) is 0.238. The Kier molecular flexibility index (Phi) is 5.94. The molecule has 0 bridgehead atoms. The van der Waals surface area contributed by atoms with E-state index in [1.807, 2.05) is 35.9 Å². The minimum Gasteiger partial charge on any atom is -0.449 e. The Hall–Kier alpha value is -2.93. The number of benzene rings is 1. The number of nitrogens with zero attached hydrogens (tertiary/aromatic N) is 1. The molecule has 1 N–H and O–H groups in total. The van der Waals surface area contributed by atoms with Crippen LogP contribution in [-0.2, 0) is 16.1 Å². The van der Waals surface area contributed by atoms with Gasteiger partial charge in [-0.25, -0.2) is 9.18 Å². The van der Waals surface area contributed by atoms with Crippen molar-refractivity contribution in [1.29, 1.82) is 0 Å². The molecule has 28 heavy (non-hydrogen) atoms. The Labute approximate surface area is 166 Å². The highest BCUT2D eigenvalue weighted by atomic mass is 32.1. The van der Waals surface area contributed by atoms with E-state index in [2.05, 4.69) is 5.32 Å². The third kappa shape index (κ3) is 4.31. The van der Waals surface area contributed by atoms with Crippen LogP contribution in [0.3, 0.4) is 0 Å². The second kappa shape index (κ2) is 8.39. The minimum absolute atomic E-state index is 0.0459. The average Bonchev–Trinajstić information content (AvgIpc) is 3.27. The first-order valence-electron chi connectivity index (χ1n) is 8.82. The Morgan fingerprint density at radius 2 is 1.96 bits per heavy atom. The van der Waals surface area contributed by atoms with Crippen LogP contribution in [0, 0.1) is 19.7 Å². The van der Waals surface area contributed by atoms with Gasteiger partial charge in [-0.1, -0.05) is 18.2 Å². The van der Waals surface area contributed by atoms with Gasteiger partial charge in [0.25, 0.3) is 5.91 Å². The third-order valence-electron chi connectivity index (χ3n) is 4.47. The second-order valence-corrected chi connectivity index (χ2v) is 7.50. The number of aryl methyl sites for hydroxylation is 1. The van der Waals surface area contributed by atoms with Crippen LogP contribution in [0.15, 0.2) is 47.8 Å². The highest BCUT2D eigenvalue weighted by Gasteiger charge is 2.23. The number of carbonyl (C=O) groups is 2. The summed E-state index contributed by atoms with van der Waals surface area (Å²) < 4.78 is 21.0. The number of ether oxygens (including phenoxy) is 1. The molecule has 3 rings (SSSR count). The van der Waals surface area contributed by atoms with Crippen molar-refractivity contribution in [2.45, 2.75) is 33.4 Å². The SMILES string of the molecule is Cc1cc(C(=O)O[C@H](C)C(=O)Nc2ccccc2F)c(C)n1Cc1cccs1. The molecule has 2 heterocycles. The topological polar surface area (TPSA) is 60.3 Å². The number of nitrogens with one attached hydrogen (secondary N) is 1. The molecule has 2 aromatic heterocycles. The molecule has 1 aromatic carbocycles. The minimum atomic E-state index is -1.06. The lowest BCUT2D eigenvalue weighted by atomic mass is 10.2. The number of carbonyl (C=O) groups excluding carboxylic acids is 2. The van der Waals surface area contributed by atoms with Crippen LogP contribution in [0.2, 0.25) is 0 Å². The number of hydrogen-bond donors (Lipinski definition) is 1. The highest BCUT2D eigenvalue weighted by molar-refractivity contribution is 7.09. The van der Waals surface area contributed by atoms with Crippen LogP contribution in [0.25, 0.3) is 0 Å². The predicted octanol–water partition coefficient (Wildman–Crippen LogP) is 4.54. The zero-order chi connectivity index (χ0) is 20.3. The first-order chi connectivity index (χ1) is 13.4. The molecule has 146 valence electrons. The number of aromatic nitrogens is 1. The number of esters is 1. The summed E-state index contributed by atoms with van der Waals surface area (Å²) in [5, 5.41) is 4.44. The first-order valence-corrected chi connectivity index (χ1v) is 9.70. The van der Waals surface area contributed by atoms with Gasteiger partial charge in [0.15, 0.2) is 6.10 Å². The lowest BCUT2D eigenvalue weighted by Crippen LogP contribution is -2.30. The van der Waals surface area contributed by atoms with Crippen molar-refractivity contribution < 1.29 is 18.7 Å². The van der Waals surface area contributed by atoms with Crippen molar-refractivity contribution in [2.75, 3.05) is 5.32 Å². The van der Waals surface area contributed by atoms with E-state index in [9.17, 15) is 14.0 Å². The van der Waals surface area contributed by atoms with Crippen molar-refractivity contribution in [3.63, 3.8) is 0 Å². The van der Waals surface area contributed by atoms with Gasteiger partial charge in [-0.15, -0.1) is 11.3 Å². The van der Waals surface area contributed by atoms with Gasteiger partial charge in [0.05, 0.1) is 17.8 Å². The summed E-state index contributed by atoms with van der Waals surface area (Å²) in [4.78, 5) is 26.0. The zero-order valence-electron chi connectivity index (χ0n) is 15.9. The molecule has 0 aliphatic heterocycles. The van der Waals surface area contributed by atoms with E-state index in [4.69, 9.17) is 4.74 Å². The number of amides is 1. The zero-order valence-corrected chi connectivity index (χ0v) is 16.7. The Morgan fingerprint density at radius 3 is 2.64 bits per heavy atom. The van der Waals surface area contributed by atoms with Crippen molar-refractivity contribution in [1.82, 2.24) is 4.57 Å². The molecule has 0 saturated carbocycles. The second-order valence-electron chi connectivity index (χ2n) is 6.47. The standard InChI is InChI=1S/C21H21FN2O3S/c1-13-11-17(14(2)24(13)12-16-7-6-10-28-16)21(26)27-15(3)20(25)23-19-9-5-4-8-18(19)22/h4-11,15H,12H2,1-3H3,(H,23,25)/t15-/m1/s1. The largest absolute Gasteiger partial charge is 0.449 e. The summed E-state index contributed by atoms with van der Waals surface area (Å²) in [7, 11) is 0. The van der Waals surface area contributed by atoms with E-state index in [-0.39, 0.29) is 5.69 Å². The molecule has 7 heteroatoms. The molecule has 3 aromatic rings. The molecule has 0 aliphatic carbocycles. The van der Waals surface area contributed by atoms with Gasteiger partial charge in [0.1, 0.15) is 5.82 Å². The molecule has 0 spiro atoms. The molecule has 0 unspecified atom stereocenters. The summed E-state index contributed by atoms with van der Waals surface area (Å²) in [6.45, 7) is 5.90. The Morgan fingerprint density at radius 1 is 1.21 bits per heavy atom. The summed E-state index contributed by atoms with van der Waals surface area (Å²) in [6.07, 6.45) is -1.06. The quantitative estimate of drug-likeness (QED) is 0.618. The van der Waals surface area contributed by atoms with Crippen LogP contribution in [0.5, 0.6) is 0 Å². The van der Waals surface area contributed by atoms with Crippen LogP contribution < -0.4 is 5.32 Å². The van der Waals surface area contributed by atoms with Gasteiger partial charge < -0.3 is 14.6 Å². The molecular weight excluding hydrogens is 379 g/mol. The van der Waals surface area contributed by atoms with Crippen molar-refractivity contribution >= 4 is 28.9 Å².